The van der Waals surface area contributed by atoms with Gasteiger partial charge in [-0.25, -0.2) is 13.2 Å². The Balaban J connectivity index is 2.03. The molecule has 0 saturated heterocycles. The molecule has 0 aromatic heterocycles. The molecule has 0 radical (unpaired) electrons. The number of aliphatic hydroxyl groups excluding tert-OH is 1. The molecule has 0 fully saturated rings. The third-order valence-electron chi connectivity index (χ3n) is 3.52. The van der Waals surface area contributed by atoms with E-state index >= 15 is 0 Å². The van der Waals surface area contributed by atoms with E-state index < -0.39 is 23.7 Å². The second-order valence-electron chi connectivity index (χ2n) is 4.78. The van der Waals surface area contributed by atoms with E-state index in [1.807, 2.05) is 0 Å². The maximum Gasteiger partial charge on any atom is 0.159 e. The molecule has 0 bridgehead atoms. The highest BCUT2D eigenvalue weighted by Gasteiger charge is 2.27. The fourth-order valence-corrected chi connectivity index (χ4v) is 2.46. The Kier molecular flexibility index (Phi) is 3.10. The molecule has 0 unspecified atom stereocenters. The number of halogens is 3. The average Bonchev–Trinajstić information content (AvgIpc) is 2.43. The zero-order valence-corrected chi connectivity index (χ0v) is 10.4. The summed E-state index contributed by atoms with van der Waals surface area (Å²) in [5.74, 6) is -2.71. The van der Waals surface area contributed by atoms with Crippen LogP contribution in [0.15, 0.2) is 42.5 Å². The maximum atomic E-state index is 13.3. The molecule has 1 aliphatic rings. The lowest BCUT2D eigenvalue weighted by Gasteiger charge is -2.26. The summed E-state index contributed by atoms with van der Waals surface area (Å²) in [6.45, 7) is 0. The van der Waals surface area contributed by atoms with Crippen molar-refractivity contribution in [3.8, 4) is 0 Å². The van der Waals surface area contributed by atoms with Crippen molar-refractivity contribution in [1.29, 1.82) is 0 Å². The molecule has 102 valence electrons. The van der Waals surface area contributed by atoms with Crippen molar-refractivity contribution in [1.82, 2.24) is 0 Å². The SMILES string of the molecule is O[C@@H]1c2cc(F)c(F)cc2C=C[C@H]1c1ccc(F)cc1. The predicted octanol–water partition coefficient (Wildman–Crippen LogP) is 3.95. The van der Waals surface area contributed by atoms with Crippen molar-refractivity contribution < 1.29 is 18.3 Å². The highest BCUT2D eigenvalue weighted by atomic mass is 19.2. The number of hydrogen-bond acceptors (Lipinski definition) is 1. The van der Waals surface area contributed by atoms with Gasteiger partial charge in [0.1, 0.15) is 5.82 Å². The van der Waals surface area contributed by atoms with E-state index in [-0.39, 0.29) is 5.82 Å². The van der Waals surface area contributed by atoms with Crippen LogP contribution in [-0.2, 0) is 0 Å². The van der Waals surface area contributed by atoms with Crippen molar-refractivity contribution in [2.45, 2.75) is 12.0 Å². The van der Waals surface area contributed by atoms with Gasteiger partial charge in [-0.3, -0.25) is 0 Å². The van der Waals surface area contributed by atoms with Crippen LogP contribution in [0.4, 0.5) is 13.2 Å². The number of hydrogen-bond donors (Lipinski definition) is 1. The van der Waals surface area contributed by atoms with Gasteiger partial charge in [-0.1, -0.05) is 24.3 Å². The third-order valence-corrected chi connectivity index (χ3v) is 3.52. The van der Waals surface area contributed by atoms with Crippen LogP contribution in [0.3, 0.4) is 0 Å². The molecule has 3 rings (SSSR count). The smallest absolute Gasteiger partial charge is 0.159 e. The summed E-state index contributed by atoms with van der Waals surface area (Å²) < 4.78 is 39.4. The molecule has 4 heteroatoms. The van der Waals surface area contributed by atoms with Gasteiger partial charge in [0, 0.05) is 5.92 Å². The normalized spacial score (nSPS) is 20.8. The van der Waals surface area contributed by atoms with Crippen LogP contribution in [0.5, 0.6) is 0 Å². The number of fused-ring (bicyclic) bond motifs is 1. The Labute approximate surface area is 114 Å². The summed E-state index contributed by atoms with van der Waals surface area (Å²) >= 11 is 0. The third kappa shape index (κ3) is 2.12. The Hall–Kier alpha value is -2.07. The zero-order chi connectivity index (χ0) is 14.3. The minimum atomic E-state index is -0.990. The molecule has 2 atom stereocenters. The van der Waals surface area contributed by atoms with Crippen LogP contribution in [-0.4, -0.2) is 5.11 Å². The van der Waals surface area contributed by atoms with Crippen LogP contribution in [0, 0.1) is 17.5 Å². The number of aliphatic hydroxyl groups is 1. The fourth-order valence-electron chi connectivity index (χ4n) is 2.46. The average molecular weight is 276 g/mol. The molecule has 0 amide bonds. The Morgan fingerprint density at radius 2 is 1.55 bits per heavy atom. The zero-order valence-electron chi connectivity index (χ0n) is 10.4. The molecule has 1 nitrogen and oxygen atoms in total. The molecule has 1 N–H and O–H groups in total. The Morgan fingerprint density at radius 1 is 0.900 bits per heavy atom. The molecule has 0 heterocycles. The molecule has 0 aliphatic heterocycles. The van der Waals surface area contributed by atoms with E-state index in [0.29, 0.717) is 16.7 Å². The number of benzene rings is 2. The van der Waals surface area contributed by atoms with Gasteiger partial charge in [-0.05, 0) is 41.0 Å². The summed E-state index contributed by atoms with van der Waals surface area (Å²) in [5.41, 5.74) is 1.50. The number of rotatable bonds is 1. The van der Waals surface area contributed by atoms with E-state index in [0.717, 1.165) is 12.1 Å². The first-order valence-electron chi connectivity index (χ1n) is 6.17. The first-order valence-corrected chi connectivity index (χ1v) is 6.17. The monoisotopic (exact) mass is 276 g/mol. The van der Waals surface area contributed by atoms with Gasteiger partial charge in [-0.15, -0.1) is 0 Å². The van der Waals surface area contributed by atoms with Crippen molar-refractivity contribution in [3.63, 3.8) is 0 Å². The highest BCUT2D eigenvalue weighted by molar-refractivity contribution is 5.60. The van der Waals surface area contributed by atoms with Crippen molar-refractivity contribution in [2.75, 3.05) is 0 Å². The van der Waals surface area contributed by atoms with Gasteiger partial charge in [0.2, 0.25) is 0 Å². The molecule has 2 aromatic rings. The Bertz CT molecular complexity index is 677. The lowest BCUT2D eigenvalue weighted by Crippen LogP contribution is -2.14. The van der Waals surface area contributed by atoms with Crippen LogP contribution in [0.25, 0.3) is 6.08 Å². The largest absolute Gasteiger partial charge is 0.387 e. The summed E-state index contributed by atoms with van der Waals surface area (Å²) in [6, 6.07) is 7.81. The van der Waals surface area contributed by atoms with E-state index in [9.17, 15) is 18.3 Å². The first kappa shape index (κ1) is 12.9. The lowest BCUT2D eigenvalue weighted by molar-refractivity contribution is 0.159. The van der Waals surface area contributed by atoms with Gasteiger partial charge in [0.15, 0.2) is 11.6 Å². The lowest BCUT2D eigenvalue weighted by atomic mass is 9.82. The van der Waals surface area contributed by atoms with Crippen molar-refractivity contribution in [2.24, 2.45) is 0 Å². The van der Waals surface area contributed by atoms with Gasteiger partial charge >= 0.3 is 0 Å². The van der Waals surface area contributed by atoms with Crippen LogP contribution in [0.2, 0.25) is 0 Å². The van der Waals surface area contributed by atoms with E-state index in [1.165, 1.54) is 12.1 Å². The molecular formula is C16H11F3O. The minimum absolute atomic E-state index is 0.334. The molecule has 1 aliphatic carbocycles. The van der Waals surface area contributed by atoms with Crippen LogP contribution >= 0.6 is 0 Å². The van der Waals surface area contributed by atoms with Gasteiger partial charge < -0.3 is 5.11 Å². The first-order chi connectivity index (χ1) is 9.56. The van der Waals surface area contributed by atoms with Gasteiger partial charge in [-0.2, -0.15) is 0 Å². The van der Waals surface area contributed by atoms with E-state index in [2.05, 4.69) is 0 Å². The summed E-state index contributed by atoms with van der Waals surface area (Å²) in [6.07, 6.45) is 2.35. The van der Waals surface area contributed by atoms with Crippen molar-refractivity contribution in [3.05, 3.63) is 76.6 Å². The summed E-state index contributed by atoms with van der Waals surface area (Å²) in [7, 11) is 0. The second kappa shape index (κ2) is 4.80. The van der Waals surface area contributed by atoms with Gasteiger partial charge in [0.25, 0.3) is 0 Å². The van der Waals surface area contributed by atoms with Gasteiger partial charge in [0.05, 0.1) is 6.10 Å². The van der Waals surface area contributed by atoms with Crippen LogP contribution < -0.4 is 0 Å². The van der Waals surface area contributed by atoms with E-state index in [1.54, 1.807) is 24.3 Å². The summed E-state index contributed by atoms with van der Waals surface area (Å²) in [5, 5.41) is 10.3. The topological polar surface area (TPSA) is 20.2 Å². The minimum Gasteiger partial charge on any atom is -0.387 e. The molecule has 20 heavy (non-hydrogen) atoms. The highest BCUT2D eigenvalue weighted by Crippen LogP contribution is 2.39. The summed E-state index contributed by atoms with van der Waals surface area (Å²) in [4.78, 5) is 0. The molecule has 0 saturated carbocycles. The fraction of sp³-hybridized carbons (Fsp3) is 0.125. The second-order valence-corrected chi connectivity index (χ2v) is 4.78. The predicted molar refractivity (Wildman–Crippen MR) is 69.5 cm³/mol. The van der Waals surface area contributed by atoms with Crippen LogP contribution in [0.1, 0.15) is 28.7 Å². The Morgan fingerprint density at radius 3 is 2.25 bits per heavy atom. The molecule has 0 spiro atoms. The maximum absolute atomic E-state index is 13.3. The van der Waals surface area contributed by atoms with Crippen molar-refractivity contribution >= 4 is 6.08 Å². The molecule has 2 aromatic carbocycles. The van der Waals surface area contributed by atoms with E-state index in [4.69, 9.17) is 0 Å². The molecular weight excluding hydrogens is 265 g/mol. The standard InChI is InChI=1S/C16H11F3O/c17-11-4-1-9(2-5-11)12-6-3-10-7-14(18)15(19)8-13(10)16(12)20/h1-8,12,16,20H/t12-,16-/m0/s1. The quantitative estimate of drug-likeness (QED) is 0.836.